The third-order valence-electron chi connectivity index (χ3n) is 3.59. The third-order valence-corrected chi connectivity index (χ3v) is 3.59. The second-order valence-electron chi connectivity index (χ2n) is 4.56. The number of carbonyl (C=O) groups excluding carboxylic acids is 1. The van der Waals surface area contributed by atoms with E-state index >= 15 is 0 Å². The summed E-state index contributed by atoms with van der Waals surface area (Å²) >= 11 is 0. The fourth-order valence-electron chi connectivity index (χ4n) is 2.68. The lowest BCUT2D eigenvalue weighted by Crippen LogP contribution is -2.50. The summed E-state index contributed by atoms with van der Waals surface area (Å²) in [5.41, 5.74) is 0. The lowest BCUT2D eigenvalue weighted by molar-refractivity contribution is -0.134. The van der Waals surface area contributed by atoms with Gasteiger partial charge in [-0.05, 0) is 19.3 Å². The zero-order chi connectivity index (χ0) is 10.8. The van der Waals surface area contributed by atoms with Gasteiger partial charge in [0.2, 0.25) is 5.91 Å². The molecule has 84 valence electrons. The van der Waals surface area contributed by atoms with Gasteiger partial charge in [0.25, 0.3) is 0 Å². The molecule has 2 aliphatic rings. The van der Waals surface area contributed by atoms with Crippen LogP contribution in [0.25, 0.3) is 0 Å². The van der Waals surface area contributed by atoms with Gasteiger partial charge in [-0.1, -0.05) is 19.8 Å². The Morgan fingerprint density at radius 1 is 1.33 bits per heavy atom. The van der Waals surface area contributed by atoms with Crippen LogP contribution < -0.4 is 0 Å². The van der Waals surface area contributed by atoms with Gasteiger partial charge in [0.15, 0.2) is 0 Å². The number of likely N-dealkylation sites (N-methyl/N-ethyl adjacent to an activating group) is 1. The van der Waals surface area contributed by atoms with Gasteiger partial charge in [-0.25, -0.2) is 0 Å². The molecule has 0 radical (unpaired) electrons. The van der Waals surface area contributed by atoms with Crippen molar-refractivity contribution in [3.8, 4) is 0 Å². The first-order chi connectivity index (χ1) is 7.24. The van der Waals surface area contributed by atoms with Gasteiger partial charge in [-0.15, -0.1) is 0 Å². The Hall–Kier alpha value is -0.990. The van der Waals surface area contributed by atoms with Crippen LogP contribution in [0.2, 0.25) is 0 Å². The fourth-order valence-corrected chi connectivity index (χ4v) is 2.68. The second kappa shape index (κ2) is 4.25. The summed E-state index contributed by atoms with van der Waals surface area (Å²) in [4.78, 5) is 16.0. The van der Waals surface area contributed by atoms with Crippen LogP contribution in [0, 0.1) is 0 Å². The van der Waals surface area contributed by atoms with E-state index in [4.69, 9.17) is 0 Å². The Morgan fingerprint density at radius 3 is 2.60 bits per heavy atom. The molecule has 2 rings (SSSR count). The van der Waals surface area contributed by atoms with Crippen molar-refractivity contribution < 1.29 is 4.79 Å². The predicted octanol–water partition coefficient (Wildman–Crippen LogP) is 1.95. The highest BCUT2D eigenvalue weighted by Crippen LogP contribution is 2.28. The van der Waals surface area contributed by atoms with E-state index in [9.17, 15) is 4.79 Å². The molecule has 1 aliphatic carbocycles. The largest absolute Gasteiger partial charge is 0.361 e. The lowest BCUT2D eigenvalue weighted by atomic mass is 10.1. The number of hydrogen-bond acceptors (Lipinski definition) is 2. The van der Waals surface area contributed by atoms with Crippen molar-refractivity contribution >= 4 is 5.91 Å². The van der Waals surface area contributed by atoms with E-state index in [2.05, 4.69) is 18.0 Å². The first-order valence-corrected chi connectivity index (χ1v) is 5.96. The summed E-state index contributed by atoms with van der Waals surface area (Å²) in [6.45, 7) is 2.09. The number of carbonyl (C=O) groups is 1. The molecule has 3 nitrogen and oxygen atoms in total. The maximum absolute atomic E-state index is 12.0. The molecular formula is C12H20N2O. The predicted molar refractivity (Wildman–Crippen MR) is 60.1 cm³/mol. The van der Waals surface area contributed by atoms with Crippen LogP contribution in [-0.2, 0) is 4.79 Å². The molecule has 0 aromatic carbocycles. The first kappa shape index (κ1) is 10.5. The highest BCUT2D eigenvalue weighted by molar-refractivity contribution is 5.83. The average molecular weight is 208 g/mol. The zero-order valence-corrected chi connectivity index (χ0v) is 9.65. The van der Waals surface area contributed by atoms with Crippen LogP contribution in [0.3, 0.4) is 0 Å². The number of rotatable bonds is 2. The molecule has 1 amide bonds. The fraction of sp³-hybridized carbons (Fsp3) is 0.750. The van der Waals surface area contributed by atoms with Gasteiger partial charge in [-0.3, -0.25) is 4.79 Å². The highest BCUT2D eigenvalue weighted by Gasteiger charge is 2.33. The van der Waals surface area contributed by atoms with Crippen LogP contribution in [0.4, 0.5) is 0 Å². The van der Waals surface area contributed by atoms with E-state index in [0.29, 0.717) is 6.04 Å². The van der Waals surface area contributed by atoms with E-state index in [1.54, 1.807) is 4.90 Å². The van der Waals surface area contributed by atoms with E-state index < -0.39 is 0 Å². The Morgan fingerprint density at radius 2 is 2.00 bits per heavy atom. The van der Waals surface area contributed by atoms with Crippen molar-refractivity contribution in [1.29, 1.82) is 0 Å². The van der Waals surface area contributed by atoms with Gasteiger partial charge in [0.05, 0.1) is 0 Å². The summed E-state index contributed by atoms with van der Waals surface area (Å²) in [5, 5.41) is 0. The van der Waals surface area contributed by atoms with Crippen LogP contribution >= 0.6 is 0 Å². The molecule has 1 aliphatic heterocycles. The molecule has 3 heteroatoms. The summed E-state index contributed by atoms with van der Waals surface area (Å²) in [5.74, 6) is 0.243. The maximum Gasteiger partial charge on any atom is 0.248 e. The van der Waals surface area contributed by atoms with Gasteiger partial charge in [0, 0.05) is 25.5 Å². The number of amides is 1. The summed E-state index contributed by atoms with van der Waals surface area (Å²) < 4.78 is 0. The number of nitrogens with zero attached hydrogens (tertiary/aromatic N) is 2. The topological polar surface area (TPSA) is 23.6 Å². The molecule has 1 fully saturated rings. The maximum atomic E-state index is 12.0. The van der Waals surface area contributed by atoms with Crippen molar-refractivity contribution in [3.63, 3.8) is 0 Å². The Kier molecular flexibility index (Phi) is 2.98. The van der Waals surface area contributed by atoms with Gasteiger partial charge in [-0.2, -0.15) is 0 Å². The molecule has 1 atom stereocenters. The smallest absolute Gasteiger partial charge is 0.248 e. The van der Waals surface area contributed by atoms with E-state index in [0.717, 1.165) is 6.42 Å². The molecule has 0 spiro atoms. The van der Waals surface area contributed by atoms with E-state index in [-0.39, 0.29) is 11.9 Å². The van der Waals surface area contributed by atoms with Crippen LogP contribution in [0.1, 0.15) is 39.0 Å². The van der Waals surface area contributed by atoms with Crippen LogP contribution in [-0.4, -0.2) is 34.8 Å². The molecule has 15 heavy (non-hydrogen) atoms. The Labute approximate surface area is 91.7 Å². The summed E-state index contributed by atoms with van der Waals surface area (Å²) in [7, 11) is 1.84. The zero-order valence-electron chi connectivity index (χ0n) is 9.65. The van der Waals surface area contributed by atoms with Crippen LogP contribution in [0.5, 0.6) is 0 Å². The van der Waals surface area contributed by atoms with Gasteiger partial charge in [0.1, 0.15) is 6.04 Å². The van der Waals surface area contributed by atoms with Crippen molar-refractivity contribution in [2.24, 2.45) is 0 Å². The molecule has 0 saturated heterocycles. The minimum Gasteiger partial charge on any atom is -0.361 e. The Bertz CT molecular complexity index is 269. The molecule has 1 saturated carbocycles. The average Bonchev–Trinajstić information content (AvgIpc) is 2.75. The monoisotopic (exact) mass is 208 g/mol. The van der Waals surface area contributed by atoms with Gasteiger partial charge >= 0.3 is 0 Å². The molecule has 0 aromatic heterocycles. The molecule has 1 heterocycles. The van der Waals surface area contributed by atoms with Crippen molar-refractivity contribution in [3.05, 3.63) is 12.4 Å². The molecule has 0 unspecified atom stereocenters. The van der Waals surface area contributed by atoms with Crippen LogP contribution in [0.15, 0.2) is 12.4 Å². The van der Waals surface area contributed by atoms with Gasteiger partial charge < -0.3 is 9.80 Å². The Balaban J connectivity index is 2.15. The van der Waals surface area contributed by atoms with E-state index in [1.165, 1.54) is 25.7 Å². The summed E-state index contributed by atoms with van der Waals surface area (Å²) in [6, 6.07) is 0.673. The first-order valence-electron chi connectivity index (χ1n) is 5.96. The third kappa shape index (κ3) is 1.87. The van der Waals surface area contributed by atoms with Crippen molar-refractivity contribution in [1.82, 2.24) is 9.80 Å². The lowest BCUT2D eigenvalue weighted by Gasteiger charge is -2.39. The standard InChI is InChI=1S/C12H20N2O/c1-3-11-12(15)13(2)8-9-14(11)10-6-4-5-7-10/h8-11H,3-7H2,1-2H3/t11-/m1/s1. The highest BCUT2D eigenvalue weighted by atomic mass is 16.2. The minimum atomic E-state index is 0.0723. The normalized spacial score (nSPS) is 27.9. The molecule has 0 bridgehead atoms. The second-order valence-corrected chi connectivity index (χ2v) is 4.56. The molecular weight excluding hydrogens is 188 g/mol. The van der Waals surface area contributed by atoms with E-state index in [1.807, 2.05) is 13.2 Å². The number of hydrogen-bond donors (Lipinski definition) is 0. The molecule has 0 N–H and O–H groups in total. The molecule has 0 aromatic rings. The SMILES string of the molecule is CC[C@@H]1C(=O)N(C)C=CN1C1CCCC1. The summed E-state index contributed by atoms with van der Waals surface area (Å²) in [6.07, 6.45) is 10.0. The van der Waals surface area contributed by atoms with Crippen molar-refractivity contribution in [2.45, 2.75) is 51.1 Å². The quantitative estimate of drug-likeness (QED) is 0.692. The minimum absolute atomic E-state index is 0.0723. The van der Waals surface area contributed by atoms with Crippen molar-refractivity contribution in [2.75, 3.05) is 7.05 Å².